The second-order valence-corrected chi connectivity index (χ2v) is 30.2. The number of hydrogen-bond donors (Lipinski definition) is 12. The Balaban J connectivity index is 0.000000174. The number of piperidine rings is 3. The largest absolute Gasteiger partial charge is 0.507 e. The summed E-state index contributed by atoms with van der Waals surface area (Å²) in [6, 6.07) is 41.1. The maximum atomic E-state index is 12.3. The lowest BCUT2D eigenvalue weighted by Gasteiger charge is -2.40. The van der Waals surface area contributed by atoms with Crippen molar-refractivity contribution in [3.63, 3.8) is 0 Å². The topological polar surface area (TPSA) is 478 Å². The summed E-state index contributed by atoms with van der Waals surface area (Å²) >= 11 is 6.39. The number of primary amides is 3. The van der Waals surface area contributed by atoms with Crippen LogP contribution in [0.2, 0.25) is 0 Å². The average Bonchev–Trinajstić information content (AvgIpc) is 1.61. The maximum Gasteiger partial charge on any atom is 0.488 e. The number of nitrogens with zero attached hydrogens (tertiary/aromatic N) is 11. The van der Waals surface area contributed by atoms with E-state index in [0.29, 0.717) is 97.6 Å². The van der Waals surface area contributed by atoms with Gasteiger partial charge in [0, 0.05) is 86.7 Å². The van der Waals surface area contributed by atoms with E-state index in [0.717, 1.165) is 86.7 Å². The highest BCUT2D eigenvalue weighted by atomic mass is 79.9. The van der Waals surface area contributed by atoms with Crippen LogP contribution in [0.3, 0.4) is 0 Å². The molecule has 6 heterocycles. The predicted molar refractivity (Wildman–Crippen MR) is 426 cm³/mol. The SMILES string of the molecule is Cl.N#CCC1(n2cc(C(N)=O)c(NC(=O)C3CC3)n2)CCN(Cc2ccc(-c3ccccc3)c(O)c2)CC1.N#CCC1(n2cc(C(N)=O)c(NC(=O)C3CC3)n2)CCN(Cc2ccc(Br)c(O)c2)CC1.N#CCC1(n2cc(C(N)=O)c(NC(=O)C3CC3)n2)CCNCC1.O=Cc1ccc(Br)c(O)c1.OB(O)c1ccccc1. The van der Waals surface area contributed by atoms with Crippen LogP contribution in [0.5, 0.6) is 17.2 Å². The number of benzene rings is 5. The number of hydrogen-bond acceptors (Lipinski definition) is 21. The summed E-state index contributed by atoms with van der Waals surface area (Å²) in [5.41, 5.74) is 20.1. The van der Waals surface area contributed by atoms with Gasteiger partial charge in [-0.3, -0.25) is 57.4 Å². The fourth-order valence-corrected chi connectivity index (χ4v) is 13.8. The average molecular weight is 1680 g/mol. The van der Waals surface area contributed by atoms with Gasteiger partial charge in [-0.15, -0.1) is 12.4 Å². The van der Waals surface area contributed by atoms with Gasteiger partial charge in [-0.2, -0.15) is 31.1 Å². The zero-order chi connectivity index (χ0) is 79.6. The van der Waals surface area contributed by atoms with Crippen molar-refractivity contribution in [3.8, 4) is 46.6 Å². The minimum absolute atomic E-state index is 0. The molecule has 6 aliphatic rings. The Morgan fingerprint density at radius 3 is 1.21 bits per heavy atom. The lowest BCUT2D eigenvalue weighted by atomic mass is 9.81. The smallest absolute Gasteiger partial charge is 0.488 e. The highest BCUT2D eigenvalue weighted by Gasteiger charge is 2.42. The summed E-state index contributed by atoms with van der Waals surface area (Å²) in [5, 5.41) is 99.9. The van der Waals surface area contributed by atoms with Gasteiger partial charge in [0.25, 0.3) is 17.7 Å². The summed E-state index contributed by atoms with van der Waals surface area (Å²) in [4.78, 5) is 86.9. The van der Waals surface area contributed by atoms with Crippen LogP contribution in [-0.4, -0.2) is 153 Å². The molecule has 3 aliphatic carbocycles. The first kappa shape index (κ1) is 85.2. The van der Waals surface area contributed by atoms with Crippen molar-refractivity contribution < 1.29 is 58.9 Å². The molecular weight excluding hydrogens is 1590 g/mol. The molecular formula is C78H88BBr2ClN18O12. The number of likely N-dealkylation sites (tertiary alicyclic amines) is 2. The van der Waals surface area contributed by atoms with Crippen molar-refractivity contribution in [1.29, 1.82) is 15.8 Å². The summed E-state index contributed by atoms with van der Waals surface area (Å²) in [5.74, 6) is -1.40. The molecule has 0 unspecified atom stereocenters. The number of nitrogens with one attached hydrogen (secondary N) is 4. The van der Waals surface area contributed by atoms with Gasteiger partial charge in [0.15, 0.2) is 17.5 Å². The Bertz CT molecular complexity index is 4800. The van der Waals surface area contributed by atoms with Gasteiger partial charge in [-0.25, -0.2) is 0 Å². The van der Waals surface area contributed by atoms with E-state index < -0.39 is 41.5 Å². The van der Waals surface area contributed by atoms with Gasteiger partial charge in [0.2, 0.25) is 17.7 Å². The lowest BCUT2D eigenvalue weighted by Crippen LogP contribution is -2.46. The van der Waals surface area contributed by atoms with Crippen LogP contribution in [0.25, 0.3) is 11.1 Å². The minimum Gasteiger partial charge on any atom is -0.507 e. The molecule has 3 aliphatic heterocycles. The molecule has 112 heavy (non-hydrogen) atoms. The van der Waals surface area contributed by atoms with E-state index in [1.165, 1.54) is 6.07 Å². The molecule has 6 fully saturated rings. The van der Waals surface area contributed by atoms with Crippen LogP contribution in [0, 0.1) is 51.7 Å². The van der Waals surface area contributed by atoms with Crippen LogP contribution in [-0.2, 0) is 44.1 Å². The number of nitriles is 3. The highest BCUT2D eigenvalue weighted by Crippen LogP contribution is 2.41. The van der Waals surface area contributed by atoms with Gasteiger partial charge in [-0.1, -0.05) is 84.9 Å². The fraction of sp³-hybridized carbons (Fsp3) is 0.372. The molecule has 0 radical (unpaired) electrons. The third-order valence-electron chi connectivity index (χ3n) is 20.5. The molecule has 586 valence electrons. The van der Waals surface area contributed by atoms with E-state index in [1.54, 1.807) is 81.2 Å². The Hall–Kier alpha value is -10.8. The summed E-state index contributed by atoms with van der Waals surface area (Å²) < 4.78 is 6.22. The number of rotatable bonds is 22. The molecule has 34 heteroatoms. The maximum absolute atomic E-state index is 12.3. The second kappa shape index (κ2) is 38.9. The Morgan fingerprint density at radius 2 is 0.875 bits per heavy atom. The lowest BCUT2D eigenvalue weighted by molar-refractivity contribution is -0.118. The van der Waals surface area contributed by atoms with Crippen LogP contribution in [0.1, 0.15) is 149 Å². The van der Waals surface area contributed by atoms with Crippen molar-refractivity contribution in [1.82, 2.24) is 44.5 Å². The van der Waals surface area contributed by atoms with E-state index in [1.807, 2.05) is 60.7 Å². The standard InChI is InChI=1S/C28H30N6O3.C22H25BrN6O3.C15H20N6O2.C7H5BrO2.C6H7BO2.ClH/c29-13-10-28(34-18-23(25(30)36)26(32-34)31-27(37)21-7-8-21)11-14-33(15-12-28)17-19-6-9-22(24(35)16-19)20-4-2-1-3-5-20;23-17-4-1-14(11-18(17)30)12-28-9-6-22(5-8-24,7-10-28)29-13-16(19(25)31)20(27-29)26-21(32)15-2-3-15;16-6-3-15(4-7-18-8-5-15)21-9-11(12(17)22)13(20-21)19-14(23)10-1-2-10;8-6-2-1-5(4-9)3-7(6)10;8-7(9)6-4-2-1-3-5-6;/h1-6,9,16,18,21,35H,7-8,10-12,14-15,17H2,(H2,30,36)(H,31,32,37);1,4,11,13,15,30H,2-3,5-7,9-10,12H2,(H2,25,31)(H,26,27,32);9-10,18H,1-5,7-8H2,(H2,17,22)(H,19,20,23);1-4,10H;1-5,8-9H;1H. The number of halogens is 3. The van der Waals surface area contributed by atoms with Gasteiger partial charge in [0.1, 0.15) is 40.2 Å². The number of phenolic OH excluding ortho intramolecular Hbond substituents is 3. The molecule has 5 aromatic carbocycles. The Labute approximate surface area is 670 Å². The molecule has 3 aromatic heterocycles. The van der Waals surface area contributed by atoms with Crippen LogP contribution in [0.4, 0.5) is 17.5 Å². The van der Waals surface area contributed by atoms with E-state index >= 15 is 0 Å². The van der Waals surface area contributed by atoms with Crippen molar-refractivity contribution in [2.24, 2.45) is 35.0 Å². The number of amides is 6. The summed E-state index contributed by atoms with van der Waals surface area (Å²) in [7, 11) is -1.34. The summed E-state index contributed by atoms with van der Waals surface area (Å²) in [6.45, 7) is 5.74. The van der Waals surface area contributed by atoms with Gasteiger partial charge < -0.3 is 63.8 Å². The molecule has 8 aromatic rings. The highest BCUT2D eigenvalue weighted by molar-refractivity contribution is 9.11. The van der Waals surface area contributed by atoms with Gasteiger partial charge in [-0.05, 0) is 174 Å². The Morgan fingerprint density at radius 1 is 0.518 bits per heavy atom. The first-order valence-corrected chi connectivity index (χ1v) is 38.0. The molecule has 15 N–H and O–H groups in total. The molecule has 0 bridgehead atoms. The van der Waals surface area contributed by atoms with E-state index in [4.69, 9.17) is 32.4 Å². The molecule has 6 amide bonds. The number of anilines is 3. The Kier molecular flexibility index (Phi) is 29.6. The fourth-order valence-electron chi connectivity index (χ4n) is 13.3. The van der Waals surface area contributed by atoms with Gasteiger partial charge in [0.05, 0.1) is 63.0 Å². The van der Waals surface area contributed by atoms with E-state index in [9.17, 15) is 59.6 Å². The molecule has 0 atom stereocenters. The van der Waals surface area contributed by atoms with Gasteiger partial charge >= 0.3 is 7.12 Å². The predicted octanol–water partition coefficient (Wildman–Crippen LogP) is 8.39. The second-order valence-electron chi connectivity index (χ2n) is 28.5. The number of aromatic nitrogens is 6. The number of phenols is 3. The number of carbonyl (C=O) groups is 7. The first-order valence-electron chi connectivity index (χ1n) is 36.4. The molecule has 14 rings (SSSR count). The normalized spacial score (nSPS) is 16.5. The number of carbonyl (C=O) groups excluding carboxylic acids is 7. The molecule has 0 spiro atoms. The van der Waals surface area contributed by atoms with E-state index in [2.05, 4.69) is 96.4 Å². The number of aldehydes is 1. The first-order chi connectivity index (χ1) is 53.3. The monoisotopic (exact) mass is 1670 g/mol. The van der Waals surface area contributed by atoms with E-state index in [-0.39, 0.29) is 112 Å². The van der Waals surface area contributed by atoms with Crippen molar-refractivity contribution in [2.45, 2.75) is 126 Å². The van der Waals surface area contributed by atoms with Crippen molar-refractivity contribution in [3.05, 3.63) is 176 Å². The summed E-state index contributed by atoms with van der Waals surface area (Å²) in [6.07, 6.45) is 15.3. The minimum atomic E-state index is -1.34. The molecule has 3 saturated heterocycles. The van der Waals surface area contributed by atoms with Crippen LogP contribution < -0.4 is 43.9 Å². The zero-order valence-corrected chi connectivity index (χ0v) is 65.2. The zero-order valence-electron chi connectivity index (χ0n) is 61.3. The number of aromatic hydroxyl groups is 3. The van der Waals surface area contributed by atoms with Crippen LogP contribution >= 0.6 is 44.3 Å². The van der Waals surface area contributed by atoms with Crippen LogP contribution in [0.15, 0.2) is 143 Å². The van der Waals surface area contributed by atoms with Crippen molar-refractivity contribution >= 4 is 116 Å². The third kappa shape index (κ3) is 22.3. The third-order valence-corrected chi connectivity index (χ3v) is 21.8. The molecule has 30 nitrogen and oxygen atoms in total. The molecule has 3 saturated carbocycles. The number of nitrogens with two attached hydrogens (primary N) is 3. The van der Waals surface area contributed by atoms with Crippen molar-refractivity contribution in [2.75, 3.05) is 55.2 Å². The quantitative estimate of drug-likeness (QED) is 0.0224.